The van der Waals surface area contributed by atoms with Crippen LogP contribution in [0.15, 0.2) is 0 Å². The summed E-state index contributed by atoms with van der Waals surface area (Å²) in [5, 5.41) is 8.85. The molecule has 1 saturated heterocycles. The summed E-state index contributed by atoms with van der Waals surface area (Å²) in [5.74, 6) is -0.555. The normalized spacial score (nSPS) is 24.3. The molecule has 0 aromatic carbocycles. The number of carbonyl (C=O) groups excluding carboxylic acids is 1. The zero-order valence-electron chi connectivity index (χ0n) is 8.57. The first-order valence-electron chi connectivity index (χ1n) is 5.16. The van der Waals surface area contributed by atoms with Gasteiger partial charge in [-0.25, -0.2) is 4.79 Å². The minimum absolute atomic E-state index is 0.227. The van der Waals surface area contributed by atoms with Crippen molar-refractivity contribution in [3.05, 3.63) is 0 Å². The fourth-order valence-electron chi connectivity index (χ4n) is 1.45. The van der Waals surface area contributed by atoms with Crippen molar-refractivity contribution < 1.29 is 19.4 Å². The van der Waals surface area contributed by atoms with Crippen molar-refractivity contribution in [1.29, 1.82) is 0 Å². The maximum Gasteiger partial charge on any atom is 0.334 e. The molecule has 0 spiro atoms. The van der Waals surface area contributed by atoms with E-state index in [1.165, 1.54) is 13.3 Å². The molecule has 1 N–H and O–H groups in total. The van der Waals surface area contributed by atoms with Gasteiger partial charge in [0.25, 0.3) is 0 Å². The summed E-state index contributed by atoms with van der Waals surface area (Å²) in [5.41, 5.74) is 0. The number of carbonyl (C=O) groups is 1. The molecule has 1 heterocycles. The predicted molar refractivity (Wildman–Crippen MR) is 50.8 cm³/mol. The summed E-state index contributed by atoms with van der Waals surface area (Å²) in [6, 6.07) is 0. The molecule has 1 aliphatic rings. The van der Waals surface area contributed by atoms with Gasteiger partial charge >= 0.3 is 5.97 Å². The molecule has 1 fully saturated rings. The Kier molecular flexibility index (Phi) is 4.90. The second kappa shape index (κ2) is 5.98. The number of hydrogen-bond acceptors (Lipinski definition) is 4. The third kappa shape index (κ3) is 4.07. The van der Waals surface area contributed by atoms with Gasteiger partial charge in [-0.15, -0.1) is 0 Å². The Bertz CT molecular complexity index is 173. The lowest BCUT2D eigenvalue weighted by atomic mass is 10.1. The minimum atomic E-state index is -1.03. The van der Waals surface area contributed by atoms with Crippen LogP contribution >= 0.6 is 0 Å². The van der Waals surface area contributed by atoms with Gasteiger partial charge in [0.2, 0.25) is 0 Å². The predicted octanol–water partition coefficient (Wildman–Crippen LogP) is 0.870. The van der Waals surface area contributed by atoms with Crippen LogP contribution in [0.1, 0.15) is 32.6 Å². The fourth-order valence-corrected chi connectivity index (χ4v) is 1.45. The molecular weight excluding hydrogens is 184 g/mol. The van der Waals surface area contributed by atoms with E-state index >= 15 is 0 Å². The molecule has 82 valence electrons. The van der Waals surface area contributed by atoms with E-state index in [4.69, 9.17) is 14.6 Å². The van der Waals surface area contributed by atoms with Gasteiger partial charge in [-0.2, -0.15) is 0 Å². The Morgan fingerprint density at radius 3 is 3.00 bits per heavy atom. The Balaban J connectivity index is 2.05. The Hall–Kier alpha value is -0.610. The maximum atomic E-state index is 10.9. The number of aliphatic hydroxyl groups excluding tert-OH is 1. The van der Waals surface area contributed by atoms with E-state index in [2.05, 4.69) is 0 Å². The SMILES string of the molecule is CC(O)C(=O)OCCC1CCCCO1. The van der Waals surface area contributed by atoms with Crippen LogP contribution in [0.25, 0.3) is 0 Å². The molecule has 2 atom stereocenters. The first-order valence-corrected chi connectivity index (χ1v) is 5.16. The van der Waals surface area contributed by atoms with Gasteiger partial charge in [-0.05, 0) is 26.2 Å². The Labute approximate surface area is 84.2 Å². The second-order valence-corrected chi connectivity index (χ2v) is 3.62. The maximum absolute atomic E-state index is 10.9. The van der Waals surface area contributed by atoms with Crippen LogP contribution < -0.4 is 0 Å². The topological polar surface area (TPSA) is 55.8 Å². The summed E-state index contributed by atoms with van der Waals surface area (Å²) < 4.78 is 10.3. The summed E-state index contributed by atoms with van der Waals surface area (Å²) in [6.45, 7) is 2.56. The largest absolute Gasteiger partial charge is 0.464 e. The van der Waals surface area contributed by atoms with Crippen LogP contribution in [0, 0.1) is 0 Å². The zero-order chi connectivity index (χ0) is 10.4. The first kappa shape index (κ1) is 11.5. The quantitative estimate of drug-likeness (QED) is 0.687. The molecule has 4 heteroatoms. The van der Waals surface area contributed by atoms with Gasteiger partial charge in [0, 0.05) is 13.0 Å². The van der Waals surface area contributed by atoms with E-state index in [1.807, 2.05) is 0 Å². The Morgan fingerprint density at radius 2 is 2.43 bits per heavy atom. The highest BCUT2D eigenvalue weighted by Crippen LogP contribution is 2.15. The monoisotopic (exact) mass is 202 g/mol. The van der Waals surface area contributed by atoms with Crippen LogP contribution in [0.2, 0.25) is 0 Å². The van der Waals surface area contributed by atoms with E-state index in [0.717, 1.165) is 25.9 Å². The summed E-state index contributed by atoms with van der Waals surface area (Å²) in [6.07, 6.45) is 3.30. The number of aliphatic hydroxyl groups is 1. The summed E-state index contributed by atoms with van der Waals surface area (Å²) >= 11 is 0. The van der Waals surface area contributed by atoms with E-state index in [-0.39, 0.29) is 6.10 Å². The second-order valence-electron chi connectivity index (χ2n) is 3.62. The Morgan fingerprint density at radius 1 is 1.64 bits per heavy atom. The smallest absolute Gasteiger partial charge is 0.334 e. The molecule has 0 aromatic rings. The molecule has 0 amide bonds. The number of hydrogen-bond donors (Lipinski definition) is 1. The highest BCUT2D eigenvalue weighted by molar-refractivity contribution is 5.73. The molecule has 0 aromatic heterocycles. The van der Waals surface area contributed by atoms with Gasteiger partial charge in [-0.1, -0.05) is 0 Å². The molecule has 0 bridgehead atoms. The molecule has 1 aliphatic heterocycles. The van der Waals surface area contributed by atoms with Gasteiger partial charge in [0.15, 0.2) is 0 Å². The van der Waals surface area contributed by atoms with Gasteiger partial charge < -0.3 is 14.6 Å². The van der Waals surface area contributed by atoms with Crippen molar-refractivity contribution in [2.45, 2.75) is 44.8 Å². The van der Waals surface area contributed by atoms with E-state index in [0.29, 0.717) is 6.61 Å². The third-order valence-electron chi connectivity index (χ3n) is 2.30. The summed E-state index contributed by atoms with van der Waals surface area (Å²) in [4.78, 5) is 10.9. The molecular formula is C10H18O4. The average molecular weight is 202 g/mol. The van der Waals surface area contributed by atoms with E-state index in [1.54, 1.807) is 0 Å². The lowest BCUT2D eigenvalue weighted by Gasteiger charge is -2.22. The summed E-state index contributed by atoms with van der Waals surface area (Å²) in [7, 11) is 0. The average Bonchev–Trinajstić information content (AvgIpc) is 2.19. The third-order valence-corrected chi connectivity index (χ3v) is 2.30. The van der Waals surface area contributed by atoms with Crippen LogP contribution in [0.4, 0.5) is 0 Å². The molecule has 0 saturated carbocycles. The van der Waals surface area contributed by atoms with Crippen LogP contribution in [0.5, 0.6) is 0 Å². The van der Waals surface area contributed by atoms with Crippen LogP contribution in [-0.4, -0.2) is 36.5 Å². The van der Waals surface area contributed by atoms with E-state index in [9.17, 15) is 4.79 Å². The highest BCUT2D eigenvalue weighted by atomic mass is 16.5. The molecule has 1 rings (SSSR count). The zero-order valence-corrected chi connectivity index (χ0v) is 8.57. The van der Waals surface area contributed by atoms with Crippen LogP contribution in [0.3, 0.4) is 0 Å². The molecule has 4 nitrogen and oxygen atoms in total. The van der Waals surface area contributed by atoms with Gasteiger partial charge in [0.05, 0.1) is 12.7 Å². The molecule has 14 heavy (non-hydrogen) atoms. The number of rotatable bonds is 4. The fraction of sp³-hybridized carbons (Fsp3) is 0.900. The van der Waals surface area contributed by atoms with Crippen molar-refractivity contribution in [3.8, 4) is 0 Å². The van der Waals surface area contributed by atoms with Crippen molar-refractivity contribution in [2.75, 3.05) is 13.2 Å². The van der Waals surface area contributed by atoms with Crippen molar-refractivity contribution in [1.82, 2.24) is 0 Å². The minimum Gasteiger partial charge on any atom is -0.464 e. The van der Waals surface area contributed by atoms with Crippen LogP contribution in [-0.2, 0) is 14.3 Å². The van der Waals surface area contributed by atoms with Crippen molar-refractivity contribution in [3.63, 3.8) is 0 Å². The lowest BCUT2D eigenvalue weighted by Crippen LogP contribution is -2.24. The van der Waals surface area contributed by atoms with Gasteiger partial charge in [0.1, 0.15) is 6.10 Å². The van der Waals surface area contributed by atoms with Crippen molar-refractivity contribution >= 4 is 5.97 Å². The molecule has 0 aliphatic carbocycles. The highest BCUT2D eigenvalue weighted by Gasteiger charge is 2.15. The lowest BCUT2D eigenvalue weighted by molar-refractivity contribution is -0.153. The number of esters is 1. The van der Waals surface area contributed by atoms with E-state index < -0.39 is 12.1 Å². The molecule has 2 unspecified atom stereocenters. The first-order chi connectivity index (χ1) is 6.70. The van der Waals surface area contributed by atoms with Gasteiger partial charge in [-0.3, -0.25) is 0 Å². The molecule has 0 radical (unpaired) electrons. The van der Waals surface area contributed by atoms with Crippen molar-refractivity contribution in [2.24, 2.45) is 0 Å². The number of ether oxygens (including phenoxy) is 2. The standard InChI is InChI=1S/C10H18O4/c1-8(11)10(12)14-7-5-9-4-2-3-6-13-9/h8-9,11H,2-7H2,1H3.